The summed E-state index contributed by atoms with van der Waals surface area (Å²) in [6, 6.07) is 15.7. The van der Waals surface area contributed by atoms with Crippen LogP contribution in [-0.4, -0.2) is 97.6 Å². The van der Waals surface area contributed by atoms with E-state index in [2.05, 4.69) is 28.8 Å². The van der Waals surface area contributed by atoms with Crippen LogP contribution in [0.2, 0.25) is 0 Å². The Morgan fingerprint density at radius 2 is 1.85 bits per heavy atom. The molecule has 0 saturated carbocycles. The number of fused-ring (bicyclic) bond motifs is 2. The molecule has 3 amide bonds. The van der Waals surface area contributed by atoms with Crippen LogP contribution in [0.3, 0.4) is 0 Å². The van der Waals surface area contributed by atoms with E-state index < -0.39 is 41.7 Å². The fraction of sp³-hybridized carbons (Fsp3) is 0.487. The van der Waals surface area contributed by atoms with E-state index in [1.165, 1.54) is 0 Å². The molecule has 276 valence electrons. The molecule has 13 nitrogen and oxygen atoms in total. The second-order valence-electron chi connectivity index (χ2n) is 13.8. The molecule has 3 aliphatic heterocycles. The zero-order valence-electron chi connectivity index (χ0n) is 29.5. The predicted molar refractivity (Wildman–Crippen MR) is 192 cm³/mol. The van der Waals surface area contributed by atoms with Gasteiger partial charge in [0.15, 0.2) is 0 Å². The Kier molecular flexibility index (Phi) is 11.8. The normalized spacial score (nSPS) is 23.7. The number of amides is 3. The van der Waals surface area contributed by atoms with Gasteiger partial charge in [-0.3, -0.25) is 19.2 Å². The number of aliphatic hydroxyl groups is 1. The zero-order valence-corrected chi connectivity index (χ0v) is 29.5. The lowest BCUT2D eigenvalue weighted by atomic mass is 9.70. The van der Waals surface area contributed by atoms with Crippen molar-refractivity contribution in [2.24, 2.45) is 11.8 Å². The zero-order chi connectivity index (χ0) is 36.7. The van der Waals surface area contributed by atoms with Crippen LogP contribution in [0.25, 0.3) is 11.0 Å². The largest absolute Gasteiger partial charge is 0.455 e. The Balaban J connectivity index is 1.28. The summed E-state index contributed by atoms with van der Waals surface area (Å²) in [4.78, 5) is 59.4. The number of likely N-dealkylation sites (tertiary alicyclic amines) is 1. The SMILES string of the molecule is C=CCCC(=O)NC[C@@H](OC(=O)[C@@H]1[C@H]2C(=O)N(CCCCCCO)[C@H](C(=O)N(CC=C)Cn3nnc4ccccc43)[C@]23CC[C@H]1O3)c1ccccc1. The molecule has 2 aromatic carbocycles. The minimum absolute atomic E-state index is 0.0578. The van der Waals surface area contributed by atoms with Crippen molar-refractivity contribution in [1.29, 1.82) is 0 Å². The number of nitrogens with one attached hydrogen (secondary N) is 1. The van der Waals surface area contributed by atoms with E-state index in [-0.39, 0.29) is 50.5 Å². The van der Waals surface area contributed by atoms with Gasteiger partial charge in [-0.2, -0.15) is 0 Å². The van der Waals surface area contributed by atoms with Crippen molar-refractivity contribution in [3.8, 4) is 0 Å². The molecule has 2 bridgehead atoms. The van der Waals surface area contributed by atoms with Crippen molar-refractivity contribution in [2.75, 3.05) is 26.2 Å². The van der Waals surface area contributed by atoms with E-state index >= 15 is 0 Å². The Morgan fingerprint density at radius 3 is 2.62 bits per heavy atom. The minimum Gasteiger partial charge on any atom is -0.455 e. The molecule has 6 atom stereocenters. The lowest BCUT2D eigenvalue weighted by Gasteiger charge is -2.36. The van der Waals surface area contributed by atoms with Crippen molar-refractivity contribution < 1.29 is 33.8 Å². The van der Waals surface area contributed by atoms with E-state index in [0.717, 1.165) is 18.4 Å². The fourth-order valence-electron chi connectivity index (χ4n) is 8.06. The first kappa shape index (κ1) is 36.9. The first-order chi connectivity index (χ1) is 25.3. The number of carbonyl (C=O) groups is 4. The molecule has 3 saturated heterocycles. The number of hydrogen-bond acceptors (Lipinski definition) is 9. The number of hydrogen-bond donors (Lipinski definition) is 2. The molecule has 0 radical (unpaired) electrons. The standard InChI is InChI=1S/C39H48N6O7/c1-3-5-19-32(47)40-25-31(27-15-9-8-10-16-27)51-38(50)33-30-20-21-39(52-30)34(33)36(48)44(23-13-6-7-14-24-46)35(39)37(49)43(22-4-2)26-45-29-18-12-11-17-28(29)41-42-45/h3-4,8-12,15-18,30-31,33-35,46H,1-2,5-7,13-14,19-26H2,(H,40,47)/t30-,31-,33+,34+,35-,39+/m1/s1. The van der Waals surface area contributed by atoms with Crippen molar-refractivity contribution >= 4 is 34.7 Å². The number of rotatable bonds is 19. The number of aromatic nitrogens is 3. The monoisotopic (exact) mass is 712 g/mol. The van der Waals surface area contributed by atoms with Gasteiger partial charge in [0.25, 0.3) is 0 Å². The van der Waals surface area contributed by atoms with Gasteiger partial charge in [0.2, 0.25) is 17.7 Å². The molecule has 1 aromatic heterocycles. The number of ether oxygens (including phenoxy) is 2. The lowest BCUT2D eigenvalue weighted by Crippen LogP contribution is -2.56. The van der Waals surface area contributed by atoms with Gasteiger partial charge in [0, 0.05) is 26.1 Å². The summed E-state index contributed by atoms with van der Waals surface area (Å²) in [6.07, 6.45) is 6.42. The highest BCUT2D eigenvalue weighted by atomic mass is 16.6. The number of para-hydroxylation sites is 1. The highest BCUT2D eigenvalue weighted by Crippen LogP contribution is 2.59. The topological polar surface area (TPSA) is 156 Å². The van der Waals surface area contributed by atoms with Gasteiger partial charge in [0.05, 0.1) is 30.0 Å². The van der Waals surface area contributed by atoms with Crippen molar-refractivity contribution in [3.05, 3.63) is 85.5 Å². The molecule has 0 unspecified atom stereocenters. The molecule has 52 heavy (non-hydrogen) atoms. The summed E-state index contributed by atoms with van der Waals surface area (Å²) in [7, 11) is 0. The number of aliphatic hydroxyl groups excluding tert-OH is 1. The Labute approximate surface area is 303 Å². The summed E-state index contributed by atoms with van der Waals surface area (Å²) in [5, 5.41) is 20.7. The Hall–Kier alpha value is -4.88. The maximum atomic E-state index is 14.8. The van der Waals surface area contributed by atoms with Crippen molar-refractivity contribution in [3.63, 3.8) is 0 Å². The summed E-state index contributed by atoms with van der Waals surface area (Å²) < 4.78 is 14.5. The summed E-state index contributed by atoms with van der Waals surface area (Å²) in [5.74, 6) is -3.24. The van der Waals surface area contributed by atoms with E-state index in [1.54, 1.807) is 26.6 Å². The fourth-order valence-corrected chi connectivity index (χ4v) is 8.06. The smallest absolute Gasteiger partial charge is 0.313 e. The number of esters is 1. The molecule has 3 aliphatic rings. The first-order valence-corrected chi connectivity index (χ1v) is 18.2. The molecule has 4 heterocycles. The number of carbonyl (C=O) groups excluding carboxylic acids is 4. The van der Waals surface area contributed by atoms with Crippen LogP contribution in [0.1, 0.15) is 63.0 Å². The summed E-state index contributed by atoms with van der Waals surface area (Å²) >= 11 is 0. The molecule has 3 aromatic rings. The van der Waals surface area contributed by atoms with Gasteiger partial charge in [-0.1, -0.05) is 72.7 Å². The van der Waals surface area contributed by atoms with E-state index in [0.29, 0.717) is 49.7 Å². The number of nitrogens with zero attached hydrogens (tertiary/aromatic N) is 5. The number of allylic oxidation sites excluding steroid dienone is 1. The predicted octanol–water partition coefficient (Wildman–Crippen LogP) is 3.70. The highest BCUT2D eigenvalue weighted by molar-refractivity contribution is 5.98. The van der Waals surface area contributed by atoms with Gasteiger partial charge in [-0.05, 0) is 49.8 Å². The number of benzene rings is 2. The molecular formula is C39H48N6O7. The third-order valence-electron chi connectivity index (χ3n) is 10.5. The van der Waals surface area contributed by atoms with E-state index in [9.17, 15) is 24.3 Å². The highest BCUT2D eigenvalue weighted by Gasteiger charge is 2.75. The third-order valence-corrected chi connectivity index (χ3v) is 10.5. The van der Waals surface area contributed by atoms with E-state index in [1.807, 2.05) is 54.6 Å². The first-order valence-electron chi connectivity index (χ1n) is 18.2. The molecule has 2 N–H and O–H groups in total. The quantitative estimate of drug-likeness (QED) is 0.108. The average Bonchev–Trinajstić information content (AvgIpc) is 3.91. The molecule has 13 heteroatoms. The molecule has 1 spiro atoms. The van der Waals surface area contributed by atoms with Gasteiger partial charge in [-0.25, -0.2) is 4.68 Å². The Bertz CT molecular complexity index is 1760. The van der Waals surface area contributed by atoms with Crippen LogP contribution < -0.4 is 5.32 Å². The second kappa shape index (κ2) is 16.6. The molecule has 6 rings (SSSR count). The summed E-state index contributed by atoms with van der Waals surface area (Å²) in [5.41, 5.74) is 0.930. The minimum atomic E-state index is -1.22. The van der Waals surface area contributed by atoms with E-state index in [4.69, 9.17) is 9.47 Å². The van der Waals surface area contributed by atoms with Crippen LogP contribution in [0.15, 0.2) is 79.9 Å². The van der Waals surface area contributed by atoms with Gasteiger partial charge >= 0.3 is 5.97 Å². The maximum absolute atomic E-state index is 14.8. The van der Waals surface area contributed by atoms with Crippen LogP contribution in [-0.2, 0) is 35.3 Å². The van der Waals surface area contributed by atoms with Gasteiger partial charge < -0.3 is 29.7 Å². The third kappa shape index (κ3) is 7.38. The molecular weight excluding hydrogens is 664 g/mol. The number of unbranched alkanes of at least 4 members (excludes halogenated alkanes) is 3. The lowest BCUT2D eigenvalue weighted by molar-refractivity contribution is -0.160. The van der Waals surface area contributed by atoms with Crippen LogP contribution in [0.5, 0.6) is 0 Å². The van der Waals surface area contributed by atoms with Crippen molar-refractivity contribution in [2.45, 2.75) is 81.9 Å². The molecule has 3 fully saturated rings. The van der Waals surface area contributed by atoms with Crippen LogP contribution in [0.4, 0.5) is 0 Å². The van der Waals surface area contributed by atoms with Gasteiger partial charge in [-0.15, -0.1) is 18.3 Å². The van der Waals surface area contributed by atoms with Crippen molar-refractivity contribution in [1.82, 2.24) is 30.1 Å². The second-order valence-corrected chi connectivity index (χ2v) is 13.8. The van der Waals surface area contributed by atoms with Crippen LogP contribution in [0, 0.1) is 11.8 Å². The molecule has 0 aliphatic carbocycles. The summed E-state index contributed by atoms with van der Waals surface area (Å²) in [6.45, 7) is 8.27. The maximum Gasteiger partial charge on any atom is 0.313 e. The van der Waals surface area contributed by atoms with Gasteiger partial charge in [0.1, 0.15) is 29.9 Å². The van der Waals surface area contributed by atoms with Crippen LogP contribution >= 0.6 is 0 Å². The Morgan fingerprint density at radius 1 is 1.08 bits per heavy atom. The average molecular weight is 713 g/mol.